The van der Waals surface area contributed by atoms with Gasteiger partial charge < -0.3 is 13.7 Å². The maximum Gasteiger partial charge on any atom is 0.240 e. The van der Waals surface area contributed by atoms with Crippen LogP contribution >= 0.6 is 0 Å². The van der Waals surface area contributed by atoms with Gasteiger partial charge >= 0.3 is 0 Å². The molecule has 3 aromatic heterocycles. The SMILES string of the molecule is COCCc1noc(CN(C)Cc2cn3cccc(C)c3n2)n1. The van der Waals surface area contributed by atoms with E-state index in [1.54, 1.807) is 7.11 Å². The van der Waals surface area contributed by atoms with Crippen molar-refractivity contribution >= 4 is 5.65 Å². The molecule has 0 radical (unpaired) electrons. The number of hydrogen-bond acceptors (Lipinski definition) is 6. The number of fused-ring (bicyclic) bond motifs is 1. The molecular formula is C16H21N5O2. The normalized spacial score (nSPS) is 11.7. The second kappa shape index (κ2) is 6.89. The number of aromatic nitrogens is 4. The quantitative estimate of drug-likeness (QED) is 0.663. The maximum atomic E-state index is 5.26. The average molecular weight is 315 g/mol. The lowest BCUT2D eigenvalue weighted by molar-refractivity contribution is 0.199. The monoisotopic (exact) mass is 315 g/mol. The molecule has 0 aliphatic rings. The zero-order chi connectivity index (χ0) is 16.2. The molecule has 0 fully saturated rings. The van der Waals surface area contributed by atoms with Crippen LogP contribution in [0.2, 0.25) is 0 Å². The number of hydrogen-bond donors (Lipinski definition) is 0. The van der Waals surface area contributed by atoms with E-state index in [-0.39, 0.29) is 0 Å². The highest BCUT2D eigenvalue weighted by Gasteiger charge is 2.11. The highest BCUT2D eigenvalue weighted by molar-refractivity contribution is 5.47. The van der Waals surface area contributed by atoms with E-state index < -0.39 is 0 Å². The fourth-order valence-electron chi connectivity index (χ4n) is 2.49. The van der Waals surface area contributed by atoms with Crippen molar-refractivity contribution in [2.24, 2.45) is 0 Å². The third-order valence-corrected chi connectivity index (χ3v) is 3.60. The Labute approximate surface area is 134 Å². The topological polar surface area (TPSA) is 68.7 Å². The molecule has 3 rings (SSSR count). The Morgan fingerprint density at radius 3 is 2.96 bits per heavy atom. The number of imidazole rings is 1. The van der Waals surface area contributed by atoms with Crippen LogP contribution in [0.3, 0.4) is 0 Å². The van der Waals surface area contributed by atoms with Gasteiger partial charge in [-0.25, -0.2) is 4.98 Å². The minimum Gasteiger partial charge on any atom is -0.384 e. The highest BCUT2D eigenvalue weighted by atomic mass is 16.5. The van der Waals surface area contributed by atoms with Crippen molar-refractivity contribution in [3.05, 3.63) is 47.5 Å². The standard InChI is InChI=1S/C16H21N5O2/c1-12-5-4-7-21-10-13(17-16(12)21)9-20(2)11-15-18-14(19-23-15)6-8-22-3/h4-5,7,10H,6,8-9,11H2,1-3H3. The van der Waals surface area contributed by atoms with Crippen LogP contribution in [0.5, 0.6) is 0 Å². The second-order valence-corrected chi connectivity index (χ2v) is 5.67. The van der Waals surface area contributed by atoms with E-state index in [4.69, 9.17) is 9.26 Å². The van der Waals surface area contributed by atoms with Crippen molar-refractivity contribution in [3.8, 4) is 0 Å². The molecule has 7 nitrogen and oxygen atoms in total. The minimum absolute atomic E-state index is 0.590. The third kappa shape index (κ3) is 3.75. The summed E-state index contributed by atoms with van der Waals surface area (Å²) in [7, 11) is 3.67. The van der Waals surface area contributed by atoms with E-state index >= 15 is 0 Å². The summed E-state index contributed by atoms with van der Waals surface area (Å²) in [4.78, 5) is 11.1. The largest absolute Gasteiger partial charge is 0.384 e. The van der Waals surface area contributed by atoms with Crippen LogP contribution < -0.4 is 0 Å². The summed E-state index contributed by atoms with van der Waals surface area (Å²) in [5.74, 6) is 1.29. The molecule has 0 saturated carbocycles. The molecule has 0 spiro atoms. The predicted octanol–water partition coefficient (Wildman–Crippen LogP) is 1.85. The van der Waals surface area contributed by atoms with E-state index in [1.165, 1.54) is 5.56 Å². The fraction of sp³-hybridized carbons (Fsp3) is 0.438. The van der Waals surface area contributed by atoms with Crippen molar-refractivity contribution in [2.75, 3.05) is 20.8 Å². The first-order valence-electron chi connectivity index (χ1n) is 7.58. The van der Waals surface area contributed by atoms with Gasteiger partial charge in [0.05, 0.1) is 18.8 Å². The Hall–Kier alpha value is -2.25. The maximum absolute atomic E-state index is 5.26. The molecule has 0 aromatic carbocycles. The Kier molecular flexibility index (Phi) is 4.68. The number of rotatable bonds is 7. The molecule has 0 bridgehead atoms. The van der Waals surface area contributed by atoms with E-state index in [1.807, 2.05) is 23.7 Å². The first kappa shape index (κ1) is 15.6. The van der Waals surface area contributed by atoms with Crippen molar-refractivity contribution in [2.45, 2.75) is 26.4 Å². The van der Waals surface area contributed by atoms with Gasteiger partial charge in [-0.1, -0.05) is 11.2 Å². The van der Waals surface area contributed by atoms with Crippen LogP contribution in [0.1, 0.15) is 23.0 Å². The fourth-order valence-corrected chi connectivity index (χ4v) is 2.49. The molecule has 0 atom stereocenters. The summed E-state index contributed by atoms with van der Waals surface area (Å²) < 4.78 is 12.3. The van der Waals surface area contributed by atoms with Gasteiger partial charge in [-0.3, -0.25) is 4.90 Å². The highest BCUT2D eigenvalue weighted by Crippen LogP contribution is 2.12. The van der Waals surface area contributed by atoms with Gasteiger partial charge in [0.15, 0.2) is 5.82 Å². The summed E-state index contributed by atoms with van der Waals surface area (Å²) >= 11 is 0. The molecular weight excluding hydrogens is 294 g/mol. The summed E-state index contributed by atoms with van der Waals surface area (Å²) in [5.41, 5.74) is 3.18. The Bertz CT molecular complexity index is 780. The van der Waals surface area contributed by atoms with E-state index in [2.05, 4.69) is 39.2 Å². The van der Waals surface area contributed by atoms with Crippen LogP contribution in [0, 0.1) is 6.92 Å². The van der Waals surface area contributed by atoms with Crippen molar-refractivity contribution in [1.29, 1.82) is 0 Å². The van der Waals surface area contributed by atoms with Crippen LogP contribution in [-0.2, 0) is 24.2 Å². The Balaban J connectivity index is 1.62. The predicted molar refractivity (Wildman–Crippen MR) is 85.0 cm³/mol. The molecule has 0 amide bonds. The van der Waals surface area contributed by atoms with Gasteiger partial charge in [0.25, 0.3) is 0 Å². The molecule has 0 unspecified atom stereocenters. The van der Waals surface area contributed by atoms with Gasteiger partial charge in [-0.2, -0.15) is 4.98 Å². The van der Waals surface area contributed by atoms with Gasteiger partial charge in [0.1, 0.15) is 5.65 Å². The summed E-state index contributed by atoms with van der Waals surface area (Å²) in [6.45, 7) is 3.97. The first-order chi connectivity index (χ1) is 11.2. The van der Waals surface area contributed by atoms with Crippen LogP contribution in [0.15, 0.2) is 29.0 Å². The number of methoxy groups -OCH3 is 1. The zero-order valence-corrected chi connectivity index (χ0v) is 13.7. The third-order valence-electron chi connectivity index (χ3n) is 3.60. The summed E-state index contributed by atoms with van der Waals surface area (Å²) in [5, 5.41) is 3.95. The molecule has 0 saturated heterocycles. The molecule has 23 heavy (non-hydrogen) atoms. The van der Waals surface area contributed by atoms with Gasteiger partial charge in [-0.05, 0) is 25.6 Å². The second-order valence-electron chi connectivity index (χ2n) is 5.67. The minimum atomic E-state index is 0.590. The van der Waals surface area contributed by atoms with Crippen molar-refractivity contribution in [3.63, 3.8) is 0 Å². The molecule has 0 aliphatic carbocycles. The van der Waals surface area contributed by atoms with Crippen LogP contribution in [-0.4, -0.2) is 45.2 Å². The summed E-state index contributed by atoms with van der Waals surface area (Å²) in [6, 6.07) is 4.09. The van der Waals surface area contributed by atoms with Gasteiger partial charge in [0.2, 0.25) is 5.89 Å². The van der Waals surface area contributed by atoms with Gasteiger partial charge in [0, 0.05) is 32.5 Å². The van der Waals surface area contributed by atoms with E-state index in [0.717, 1.165) is 17.9 Å². The van der Waals surface area contributed by atoms with Crippen LogP contribution in [0.25, 0.3) is 5.65 Å². The zero-order valence-electron chi connectivity index (χ0n) is 13.7. The van der Waals surface area contributed by atoms with Crippen LogP contribution in [0.4, 0.5) is 0 Å². The Morgan fingerprint density at radius 1 is 1.30 bits per heavy atom. The molecule has 3 aromatic rings. The summed E-state index contributed by atoms with van der Waals surface area (Å²) in [6.07, 6.45) is 4.73. The lowest BCUT2D eigenvalue weighted by Crippen LogP contribution is -2.17. The average Bonchev–Trinajstić information content (AvgIpc) is 3.12. The van der Waals surface area contributed by atoms with Crippen molar-refractivity contribution in [1.82, 2.24) is 24.4 Å². The van der Waals surface area contributed by atoms with E-state index in [9.17, 15) is 0 Å². The number of aryl methyl sites for hydroxylation is 1. The van der Waals surface area contributed by atoms with Crippen molar-refractivity contribution < 1.29 is 9.26 Å². The first-order valence-corrected chi connectivity index (χ1v) is 7.58. The molecule has 0 aliphatic heterocycles. The Morgan fingerprint density at radius 2 is 2.17 bits per heavy atom. The molecule has 7 heteroatoms. The molecule has 3 heterocycles. The number of pyridine rings is 1. The lowest BCUT2D eigenvalue weighted by atomic mass is 10.3. The lowest BCUT2D eigenvalue weighted by Gasteiger charge is -2.11. The van der Waals surface area contributed by atoms with Gasteiger partial charge in [-0.15, -0.1) is 0 Å². The molecule has 0 N–H and O–H groups in total. The molecule has 122 valence electrons. The number of ether oxygens (including phenoxy) is 1. The van der Waals surface area contributed by atoms with E-state index in [0.29, 0.717) is 31.3 Å². The number of nitrogens with zero attached hydrogens (tertiary/aromatic N) is 5. The smallest absolute Gasteiger partial charge is 0.240 e.